The first-order chi connectivity index (χ1) is 10.4. The molecule has 21 heavy (non-hydrogen) atoms. The molecule has 0 spiro atoms. The van der Waals surface area contributed by atoms with Crippen LogP contribution >= 0.6 is 0 Å². The van der Waals surface area contributed by atoms with Crippen LogP contribution in [0.5, 0.6) is 0 Å². The third-order valence-corrected chi connectivity index (χ3v) is 3.90. The van der Waals surface area contributed by atoms with Crippen LogP contribution in [0.3, 0.4) is 0 Å². The fraction of sp³-hybridized carbons (Fsp3) is 0.250. The van der Waals surface area contributed by atoms with Gasteiger partial charge in [0.1, 0.15) is 6.33 Å². The summed E-state index contributed by atoms with van der Waals surface area (Å²) in [5.74, 6) is 0. The average Bonchev–Trinajstić information content (AvgIpc) is 3.00. The molecular weight excluding hydrogens is 262 g/mol. The topological polar surface area (TPSA) is 46.0 Å². The zero-order chi connectivity index (χ0) is 14.1. The molecule has 0 aliphatic carbocycles. The van der Waals surface area contributed by atoms with Gasteiger partial charge in [-0.05, 0) is 18.2 Å². The van der Waals surface area contributed by atoms with Crippen molar-refractivity contribution in [1.29, 1.82) is 0 Å². The number of benzene rings is 1. The minimum atomic E-state index is 0.966. The predicted molar refractivity (Wildman–Crippen MR) is 83.8 cm³/mol. The van der Waals surface area contributed by atoms with Crippen molar-refractivity contribution < 1.29 is 0 Å². The number of para-hydroxylation sites is 1. The second-order valence-electron chi connectivity index (χ2n) is 5.18. The lowest BCUT2D eigenvalue weighted by atomic mass is 10.1. The first kappa shape index (κ1) is 12.3. The van der Waals surface area contributed by atoms with E-state index in [1.54, 1.807) is 0 Å². The highest BCUT2D eigenvalue weighted by Crippen LogP contribution is 2.26. The van der Waals surface area contributed by atoms with Crippen LogP contribution in [0.1, 0.15) is 0 Å². The molecule has 0 atom stereocenters. The van der Waals surface area contributed by atoms with Gasteiger partial charge in [0.05, 0.1) is 16.7 Å². The van der Waals surface area contributed by atoms with Gasteiger partial charge in [-0.3, -0.25) is 4.98 Å². The first-order valence-electron chi connectivity index (χ1n) is 7.27. The number of nitrogens with one attached hydrogen (secondary N) is 1. The molecule has 3 aromatic rings. The number of nitrogens with zero attached hydrogens (tertiary/aromatic N) is 4. The minimum Gasteiger partial charge on any atom is -0.313 e. The normalized spacial score (nSPS) is 15.5. The van der Waals surface area contributed by atoms with Crippen LogP contribution in [0.15, 0.2) is 48.9 Å². The van der Waals surface area contributed by atoms with Gasteiger partial charge < -0.3 is 10.3 Å². The number of hydrogen-bond donors (Lipinski definition) is 1. The number of piperazine rings is 1. The summed E-state index contributed by atoms with van der Waals surface area (Å²) in [5.41, 5.74) is 4.20. The Hall–Kier alpha value is -2.40. The van der Waals surface area contributed by atoms with Crippen molar-refractivity contribution in [2.75, 3.05) is 31.2 Å². The van der Waals surface area contributed by atoms with Gasteiger partial charge in [-0.15, -0.1) is 0 Å². The number of hydrogen-bond acceptors (Lipinski definition) is 4. The smallest absolute Gasteiger partial charge is 0.116 e. The Bertz CT molecular complexity index is 744. The summed E-state index contributed by atoms with van der Waals surface area (Å²) in [4.78, 5) is 9.08. The van der Waals surface area contributed by atoms with Gasteiger partial charge >= 0.3 is 0 Å². The molecule has 5 heteroatoms. The summed E-state index contributed by atoms with van der Waals surface area (Å²) < 4.78 is 2.17. The number of fused-ring (bicyclic) bond motifs is 1. The van der Waals surface area contributed by atoms with Crippen molar-refractivity contribution in [3.63, 3.8) is 0 Å². The molecule has 0 bridgehead atoms. The van der Waals surface area contributed by atoms with E-state index in [0.29, 0.717) is 0 Å². The maximum absolute atomic E-state index is 4.63. The van der Waals surface area contributed by atoms with Crippen molar-refractivity contribution in [1.82, 2.24) is 20.0 Å². The maximum atomic E-state index is 4.63. The van der Waals surface area contributed by atoms with Gasteiger partial charge in [-0.2, -0.15) is 0 Å². The summed E-state index contributed by atoms with van der Waals surface area (Å²) in [7, 11) is 0. The van der Waals surface area contributed by atoms with Gasteiger partial charge in [0.25, 0.3) is 0 Å². The van der Waals surface area contributed by atoms with Crippen LogP contribution in [0.4, 0.5) is 0 Å². The highest BCUT2D eigenvalue weighted by atomic mass is 15.6. The lowest BCUT2D eigenvalue weighted by Gasteiger charge is -2.30. The molecule has 3 heterocycles. The van der Waals surface area contributed by atoms with E-state index in [1.807, 2.05) is 30.7 Å². The molecule has 0 unspecified atom stereocenters. The monoisotopic (exact) mass is 279 g/mol. The van der Waals surface area contributed by atoms with Crippen molar-refractivity contribution in [3.05, 3.63) is 48.9 Å². The zero-order valence-corrected chi connectivity index (χ0v) is 11.7. The van der Waals surface area contributed by atoms with E-state index in [1.165, 1.54) is 0 Å². The molecule has 2 aromatic heterocycles. The molecule has 5 nitrogen and oxygen atoms in total. The Morgan fingerprint density at radius 3 is 2.67 bits per heavy atom. The van der Waals surface area contributed by atoms with Crippen LogP contribution in [-0.2, 0) is 0 Å². The highest BCUT2D eigenvalue weighted by Gasteiger charge is 2.15. The van der Waals surface area contributed by atoms with Crippen molar-refractivity contribution in [2.45, 2.75) is 0 Å². The fourth-order valence-electron chi connectivity index (χ4n) is 2.85. The molecule has 0 amide bonds. The molecule has 1 aliphatic heterocycles. The Labute approximate surface area is 123 Å². The molecule has 0 saturated carbocycles. The van der Waals surface area contributed by atoms with E-state index in [2.05, 4.69) is 43.2 Å². The quantitative estimate of drug-likeness (QED) is 0.774. The van der Waals surface area contributed by atoms with Crippen LogP contribution in [0, 0.1) is 0 Å². The second-order valence-corrected chi connectivity index (χ2v) is 5.18. The summed E-state index contributed by atoms with van der Waals surface area (Å²) in [6.07, 6.45) is 3.74. The number of imidazole rings is 1. The number of aromatic nitrogens is 3. The second kappa shape index (κ2) is 5.18. The maximum Gasteiger partial charge on any atom is 0.116 e. The van der Waals surface area contributed by atoms with E-state index in [4.69, 9.17) is 0 Å². The van der Waals surface area contributed by atoms with Crippen LogP contribution < -0.4 is 10.3 Å². The van der Waals surface area contributed by atoms with Gasteiger partial charge in [0.2, 0.25) is 0 Å². The lowest BCUT2D eigenvalue weighted by Crippen LogP contribution is -2.48. The number of rotatable bonds is 2. The largest absolute Gasteiger partial charge is 0.313 e. The van der Waals surface area contributed by atoms with Crippen molar-refractivity contribution in [2.24, 2.45) is 0 Å². The molecule has 0 radical (unpaired) electrons. The highest BCUT2D eigenvalue weighted by molar-refractivity contribution is 5.91. The predicted octanol–water partition coefficient (Wildman–Crippen LogP) is 1.64. The van der Waals surface area contributed by atoms with Gasteiger partial charge in [-0.1, -0.05) is 18.2 Å². The van der Waals surface area contributed by atoms with Crippen molar-refractivity contribution in [3.8, 4) is 11.3 Å². The van der Waals surface area contributed by atoms with E-state index in [-0.39, 0.29) is 0 Å². The molecule has 1 fully saturated rings. The Kier molecular flexibility index (Phi) is 3.05. The summed E-state index contributed by atoms with van der Waals surface area (Å²) in [6.45, 7) is 4.03. The minimum absolute atomic E-state index is 0.966. The first-order valence-corrected chi connectivity index (χ1v) is 7.27. The summed E-state index contributed by atoms with van der Waals surface area (Å²) in [6, 6.07) is 12.2. The van der Waals surface area contributed by atoms with Gasteiger partial charge in [0.15, 0.2) is 0 Å². The van der Waals surface area contributed by atoms with Crippen molar-refractivity contribution >= 4 is 11.0 Å². The van der Waals surface area contributed by atoms with E-state index >= 15 is 0 Å². The molecule has 1 N–H and O–H groups in total. The van der Waals surface area contributed by atoms with E-state index < -0.39 is 0 Å². The molecule has 4 rings (SSSR count). The zero-order valence-electron chi connectivity index (χ0n) is 11.7. The lowest BCUT2D eigenvalue weighted by molar-refractivity contribution is 0.498. The summed E-state index contributed by atoms with van der Waals surface area (Å²) >= 11 is 0. The SMILES string of the molecule is c1ccc(-c2cccc3c2ncn3N2CCNCC2)nc1. The number of pyridine rings is 1. The van der Waals surface area contributed by atoms with Crippen LogP contribution in [0.25, 0.3) is 22.3 Å². The Morgan fingerprint density at radius 1 is 0.952 bits per heavy atom. The molecule has 106 valence electrons. The molecule has 1 aromatic carbocycles. The van der Waals surface area contributed by atoms with E-state index in [9.17, 15) is 0 Å². The molecule has 1 aliphatic rings. The fourth-order valence-corrected chi connectivity index (χ4v) is 2.85. The average molecular weight is 279 g/mol. The molecule has 1 saturated heterocycles. The standard InChI is InChI=1S/C16H17N5/c1-2-7-18-14(5-1)13-4-3-6-15-16(13)19-12-21(15)20-10-8-17-9-11-20/h1-7,12,17H,8-11H2. The summed E-state index contributed by atoms with van der Waals surface area (Å²) in [5, 5.41) is 5.70. The molecular formula is C16H17N5. The van der Waals surface area contributed by atoms with E-state index in [0.717, 1.165) is 48.5 Å². The Balaban J connectivity index is 1.83. The van der Waals surface area contributed by atoms with Crippen LogP contribution in [0.2, 0.25) is 0 Å². The Morgan fingerprint density at radius 2 is 1.86 bits per heavy atom. The third kappa shape index (κ3) is 2.15. The van der Waals surface area contributed by atoms with Crippen LogP contribution in [-0.4, -0.2) is 40.8 Å². The third-order valence-electron chi connectivity index (χ3n) is 3.90. The van der Waals surface area contributed by atoms with Gasteiger partial charge in [-0.25, -0.2) is 9.66 Å². The van der Waals surface area contributed by atoms with Gasteiger partial charge in [0, 0.05) is 37.9 Å².